The SMILES string of the molecule is CCC1CN(CC(NC)c2ccc(C)cc2)CCN1C. The van der Waals surface area contributed by atoms with Gasteiger partial charge in [-0.05, 0) is 33.0 Å². The van der Waals surface area contributed by atoms with Crippen molar-refractivity contribution in [2.75, 3.05) is 40.3 Å². The van der Waals surface area contributed by atoms with Crippen molar-refractivity contribution in [1.29, 1.82) is 0 Å². The van der Waals surface area contributed by atoms with Gasteiger partial charge in [-0.3, -0.25) is 4.90 Å². The van der Waals surface area contributed by atoms with Gasteiger partial charge in [-0.1, -0.05) is 36.8 Å². The second-order valence-electron chi connectivity index (χ2n) is 6.05. The molecule has 1 aromatic rings. The van der Waals surface area contributed by atoms with E-state index in [1.807, 2.05) is 0 Å². The summed E-state index contributed by atoms with van der Waals surface area (Å²) >= 11 is 0. The number of benzene rings is 1. The van der Waals surface area contributed by atoms with Crippen molar-refractivity contribution in [1.82, 2.24) is 15.1 Å². The molecule has 3 nitrogen and oxygen atoms in total. The Morgan fingerprint density at radius 2 is 1.95 bits per heavy atom. The first-order valence-corrected chi connectivity index (χ1v) is 7.80. The van der Waals surface area contributed by atoms with E-state index >= 15 is 0 Å². The first-order valence-electron chi connectivity index (χ1n) is 7.80. The molecule has 0 aromatic heterocycles. The van der Waals surface area contributed by atoms with Crippen LogP contribution in [0.4, 0.5) is 0 Å². The van der Waals surface area contributed by atoms with Gasteiger partial charge in [0, 0.05) is 38.3 Å². The minimum absolute atomic E-state index is 0.427. The Hall–Kier alpha value is -0.900. The van der Waals surface area contributed by atoms with Crippen LogP contribution in [0.25, 0.3) is 0 Å². The van der Waals surface area contributed by atoms with Gasteiger partial charge in [0.25, 0.3) is 0 Å². The van der Waals surface area contributed by atoms with Crippen LogP contribution in [0.3, 0.4) is 0 Å². The first kappa shape index (κ1) is 15.5. The predicted octanol–water partition coefficient (Wildman–Crippen LogP) is 2.28. The Morgan fingerprint density at radius 1 is 1.25 bits per heavy atom. The number of aryl methyl sites for hydroxylation is 1. The second-order valence-corrected chi connectivity index (χ2v) is 6.05. The van der Waals surface area contributed by atoms with E-state index in [0.717, 1.165) is 6.54 Å². The van der Waals surface area contributed by atoms with Gasteiger partial charge in [0.2, 0.25) is 0 Å². The molecule has 1 aliphatic rings. The van der Waals surface area contributed by atoms with Crippen molar-refractivity contribution in [3.05, 3.63) is 35.4 Å². The molecule has 2 rings (SSSR count). The molecule has 1 heterocycles. The standard InChI is InChI=1S/C17H29N3/c1-5-16-12-20(11-10-19(16)4)13-17(18-3)15-8-6-14(2)7-9-15/h6-9,16-18H,5,10-13H2,1-4H3. The third-order valence-electron chi connectivity index (χ3n) is 4.60. The number of nitrogens with one attached hydrogen (secondary N) is 1. The summed E-state index contributed by atoms with van der Waals surface area (Å²) in [5.41, 5.74) is 2.72. The lowest BCUT2D eigenvalue weighted by molar-refractivity contribution is 0.0865. The van der Waals surface area contributed by atoms with E-state index in [1.165, 1.54) is 37.2 Å². The van der Waals surface area contributed by atoms with Crippen molar-refractivity contribution in [3.63, 3.8) is 0 Å². The number of hydrogen-bond acceptors (Lipinski definition) is 3. The monoisotopic (exact) mass is 275 g/mol. The van der Waals surface area contributed by atoms with Crippen LogP contribution in [0, 0.1) is 6.92 Å². The molecule has 1 N–H and O–H groups in total. The van der Waals surface area contributed by atoms with E-state index in [9.17, 15) is 0 Å². The van der Waals surface area contributed by atoms with Crippen LogP contribution in [0.1, 0.15) is 30.5 Å². The van der Waals surface area contributed by atoms with Crippen molar-refractivity contribution in [2.24, 2.45) is 0 Å². The lowest BCUT2D eigenvalue weighted by atomic mass is 10.0. The summed E-state index contributed by atoms with van der Waals surface area (Å²) in [7, 11) is 4.32. The molecule has 1 fully saturated rings. The maximum atomic E-state index is 3.47. The van der Waals surface area contributed by atoms with E-state index in [2.05, 4.69) is 67.3 Å². The fourth-order valence-electron chi connectivity index (χ4n) is 3.04. The summed E-state index contributed by atoms with van der Waals surface area (Å²) < 4.78 is 0. The van der Waals surface area contributed by atoms with E-state index in [4.69, 9.17) is 0 Å². The average Bonchev–Trinajstić information content (AvgIpc) is 2.47. The highest BCUT2D eigenvalue weighted by Crippen LogP contribution is 2.18. The minimum Gasteiger partial charge on any atom is -0.312 e. The molecule has 1 aliphatic heterocycles. The number of likely N-dealkylation sites (N-methyl/N-ethyl adjacent to an activating group) is 2. The van der Waals surface area contributed by atoms with Crippen LogP contribution in [0.5, 0.6) is 0 Å². The van der Waals surface area contributed by atoms with Crippen LogP contribution in [-0.4, -0.2) is 56.1 Å². The number of hydrogen-bond donors (Lipinski definition) is 1. The second kappa shape index (κ2) is 7.21. The quantitative estimate of drug-likeness (QED) is 0.889. The summed E-state index contributed by atoms with van der Waals surface area (Å²) in [5.74, 6) is 0. The number of piperazine rings is 1. The first-order chi connectivity index (χ1) is 9.63. The normalized spacial score (nSPS) is 22.9. The summed E-state index contributed by atoms with van der Waals surface area (Å²) in [5, 5.41) is 3.47. The van der Waals surface area contributed by atoms with Crippen LogP contribution < -0.4 is 5.32 Å². The molecular weight excluding hydrogens is 246 g/mol. The van der Waals surface area contributed by atoms with Gasteiger partial charge in [-0.2, -0.15) is 0 Å². The van der Waals surface area contributed by atoms with Crippen molar-refractivity contribution in [3.8, 4) is 0 Å². The maximum absolute atomic E-state index is 3.47. The molecule has 2 unspecified atom stereocenters. The zero-order chi connectivity index (χ0) is 14.5. The van der Waals surface area contributed by atoms with Crippen molar-refractivity contribution in [2.45, 2.75) is 32.4 Å². The smallest absolute Gasteiger partial charge is 0.0446 e. The highest BCUT2D eigenvalue weighted by Gasteiger charge is 2.24. The Kier molecular flexibility index (Phi) is 5.58. The van der Waals surface area contributed by atoms with Crippen molar-refractivity contribution < 1.29 is 0 Å². The molecule has 20 heavy (non-hydrogen) atoms. The van der Waals surface area contributed by atoms with Crippen molar-refractivity contribution >= 4 is 0 Å². The summed E-state index contributed by atoms with van der Waals surface area (Å²) in [4.78, 5) is 5.10. The van der Waals surface area contributed by atoms with E-state index in [1.54, 1.807) is 0 Å². The molecular formula is C17H29N3. The maximum Gasteiger partial charge on any atom is 0.0446 e. The van der Waals surface area contributed by atoms with E-state index in [-0.39, 0.29) is 0 Å². The molecule has 0 radical (unpaired) electrons. The summed E-state index contributed by atoms with van der Waals surface area (Å²) in [6, 6.07) is 10.1. The Bertz CT molecular complexity index is 401. The molecule has 3 heteroatoms. The van der Waals surface area contributed by atoms with Gasteiger partial charge >= 0.3 is 0 Å². The molecule has 1 saturated heterocycles. The summed E-state index contributed by atoms with van der Waals surface area (Å²) in [6.07, 6.45) is 1.24. The number of nitrogens with zero attached hydrogens (tertiary/aromatic N) is 2. The lowest BCUT2D eigenvalue weighted by Crippen LogP contribution is -2.52. The molecule has 112 valence electrons. The third kappa shape index (κ3) is 3.81. The Balaban J connectivity index is 1.98. The van der Waals surface area contributed by atoms with Gasteiger partial charge < -0.3 is 10.2 Å². The molecule has 0 spiro atoms. The highest BCUT2D eigenvalue weighted by atomic mass is 15.3. The van der Waals surface area contributed by atoms with Crippen LogP contribution in [0.15, 0.2) is 24.3 Å². The third-order valence-corrected chi connectivity index (χ3v) is 4.60. The minimum atomic E-state index is 0.427. The van der Waals surface area contributed by atoms with Crippen LogP contribution >= 0.6 is 0 Å². The van der Waals surface area contributed by atoms with Gasteiger partial charge in [0.05, 0.1) is 0 Å². The predicted molar refractivity (Wildman–Crippen MR) is 86.1 cm³/mol. The largest absolute Gasteiger partial charge is 0.312 e. The molecule has 0 saturated carbocycles. The summed E-state index contributed by atoms with van der Waals surface area (Å²) in [6.45, 7) is 9.09. The average molecular weight is 275 g/mol. The molecule has 0 amide bonds. The topological polar surface area (TPSA) is 18.5 Å². The van der Waals surface area contributed by atoms with Gasteiger partial charge in [0.15, 0.2) is 0 Å². The zero-order valence-corrected chi connectivity index (χ0v) is 13.4. The Labute approximate surface area is 124 Å². The molecule has 0 aliphatic carbocycles. The fourth-order valence-corrected chi connectivity index (χ4v) is 3.04. The van der Waals surface area contributed by atoms with E-state index in [0.29, 0.717) is 12.1 Å². The Morgan fingerprint density at radius 3 is 2.55 bits per heavy atom. The van der Waals surface area contributed by atoms with Gasteiger partial charge in [-0.25, -0.2) is 0 Å². The van der Waals surface area contributed by atoms with Crippen LogP contribution in [0.2, 0.25) is 0 Å². The van der Waals surface area contributed by atoms with Gasteiger partial charge in [-0.15, -0.1) is 0 Å². The molecule has 2 atom stereocenters. The lowest BCUT2D eigenvalue weighted by Gasteiger charge is -2.40. The van der Waals surface area contributed by atoms with E-state index < -0.39 is 0 Å². The highest BCUT2D eigenvalue weighted by molar-refractivity contribution is 5.24. The van der Waals surface area contributed by atoms with Crippen LogP contribution in [-0.2, 0) is 0 Å². The zero-order valence-electron chi connectivity index (χ0n) is 13.4. The number of rotatable bonds is 5. The fraction of sp³-hybridized carbons (Fsp3) is 0.647. The van der Waals surface area contributed by atoms with Gasteiger partial charge in [0.1, 0.15) is 0 Å². The molecule has 1 aromatic carbocycles. The molecule has 0 bridgehead atoms.